The zero-order valence-corrected chi connectivity index (χ0v) is 23.6. The molecule has 0 saturated carbocycles. The Morgan fingerprint density at radius 3 is 2.36 bits per heavy atom. The SMILES string of the molecule is CCN(C(=O)c1ccc(NC(=O)C(C)(C)CCCOc2cc(C)ccc2C)cc1)c1cccc2ccccc12. The van der Waals surface area contributed by atoms with Gasteiger partial charge in [-0.3, -0.25) is 9.59 Å². The molecule has 2 amide bonds. The molecule has 0 aliphatic heterocycles. The van der Waals surface area contributed by atoms with Crippen molar-refractivity contribution in [2.75, 3.05) is 23.4 Å². The maximum Gasteiger partial charge on any atom is 0.258 e. The number of amides is 2. The van der Waals surface area contributed by atoms with Crippen LogP contribution in [0.15, 0.2) is 84.9 Å². The number of nitrogens with one attached hydrogen (secondary N) is 1. The molecule has 0 saturated heterocycles. The fourth-order valence-electron chi connectivity index (χ4n) is 4.69. The average molecular weight is 523 g/mol. The molecule has 0 spiro atoms. The highest BCUT2D eigenvalue weighted by molar-refractivity contribution is 6.11. The number of fused-ring (bicyclic) bond motifs is 1. The zero-order valence-electron chi connectivity index (χ0n) is 23.6. The van der Waals surface area contributed by atoms with Gasteiger partial charge in [0.15, 0.2) is 0 Å². The molecule has 202 valence electrons. The molecule has 39 heavy (non-hydrogen) atoms. The first-order valence-electron chi connectivity index (χ1n) is 13.6. The van der Waals surface area contributed by atoms with Gasteiger partial charge in [0.2, 0.25) is 5.91 Å². The summed E-state index contributed by atoms with van der Waals surface area (Å²) >= 11 is 0. The molecule has 0 aliphatic carbocycles. The van der Waals surface area contributed by atoms with Crippen molar-refractivity contribution in [3.8, 4) is 5.75 Å². The van der Waals surface area contributed by atoms with E-state index in [1.54, 1.807) is 29.2 Å². The lowest BCUT2D eigenvalue weighted by molar-refractivity contribution is -0.124. The van der Waals surface area contributed by atoms with Gasteiger partial charge in [0.05, 0.1) is 12.3 Å². The highest BCUT2D eigenvalue weighted by Crippen LogP contribution is 2.29. The summed E-state index contributed by atoms with van der Waals surface area (Å²) in [6.07, 6.45) is 1.46. The van der Waals surface area contributed by atoms with E-state index < -0.39 is 5.41 Å². The molecule has 5 heteroatoms. The maximum atomic E-state index is 13.4. The number of ether oxygens (including phenoxy) is 1. The fraction of sp³-hybridized carbons (Fsp3) is 0.294. The summed E-state index contributed by atoms with van der Waals surface area (Å²) in [5.41, 5.74) is 3.85. The van der Waals surface area contributed by atoms with Crippen molar-refractivity contribution in [1.29, 1.82) is 0 Å². The normalized spacial score (nSPS) is 11.3. The maximum absolute atomic E-state index is 13.4. The van der Waals surface area contributed by atoms with Gasteiger partial charge in [-0.2, -0.15) is 0 Å². The number of aryl methyl sites for hydroxylation is 2. The van der Waals surface area contributed by atoms with E-state index in [2.05, 4.69) is 17.4 Å². The van der Waals surface area contributed by atoms with Crippen molar-refractivity contribution >= 4 is 34.0 Å². The summed E-state index contributed by atoms with van der Waals surface area (Å²) in [7, 11) is 0. The first-order chi connectivity index (χ1) is 18.7. The molecule has 0 atom stereocenters. The Morgan fingerprint density at radius 1 is 0.897 bits per heavy atom. The van der Waals surface area contributed by atoms with E-state index in [-0.39, 0.29) is 11.8 Å². The van der Waals surface area contributed by atoms with Gasteiger partial charge < -0.3 is 15.0 Å². The second-order valence-corrected chi connectivity index (χ2v) is 10.7. The van der Waals surface area contributed by atoms with Crippen LogP contribution in [0.4, 0.5) is 11.4 Å². The van der Waals surface area contributed by atoms with Crippen LogP contribution in [0.1, 0.15) is 55.1 Å². The largest absolute Gasteiger partial charge is 0.493 e. The van der Waals surface area contributed by atoms with E-state index in [9.17, 15) is 9.59 Å². The molecule has 4 rings (SSSR count). The van der Waals surface area contributed by atoms with E-state index in [1.807, 2.05) is 83.1 Å². The molecule has 0 bridgehead atoms. The van der Waals surface area contributed by atoms with Gasteiger partial charge in [0.25, 0.3) is 5.91 Å². The summed E-state index contributed by atoms with van der Waals surface area (Å²) in [5.74, 6) is 0.768. The predicted molar refractivity (Wildman–Crippen MR) is 161 cm³/mol. The smallest absolute Gasteiger partial charge is 0.258 e. The van der Waals surface area contributed by atoms with Crippen molar-refractivity contribution in [2.45, 2.75) is 47.5 Å². The standard InChI is InChI=1S/C34H38N2O3/c1-6-36(30-14-9-12-26-11-7-8-13-29(26)30)32(37)27-17-19-28(20-18-27)35-33(38)34(4,5)21-10-22-39-31-23-24(2)15-16-25(31)3/h7-9,11-20,23H,6,10,21-22H2,1-5H3,(H,35,38). The number of carbonyl (C=O) groups excluding carboxylic acids is 2. The van der Waals surface area contributed by atoms with E-state index in [0.29, 0.717) is 30.8 Å². The third-order valence-corrected chi connectivity index (χ3v) is 7.17. The number of anilines is 2. The molecule has 0 aromatic heterocycles. The molecule has 1 N–H and O–H groups in total. The number of benzene rings is 4. The molecule has 4 aromatic rings. The lowest BCUT2D eigenvalue weighted by Gasteiger charge is -2.24. The van der Waals surface area contributed by atoms with Crippen molar-refractivity contribution in [3.63, 3.8) is 0 Å². The number of hydrogen-bond acceptors (Lipinski definition) is 3. The second-order valence-electron chi connectivity index (χ2n) is 10.7. The van der Waals surface area contributed by atoms with Gasteiger partial charge >= 0.3 is 0 Å². The molecular weight excluding hydrogens is 484 g/mol. The summed E-state index contributed by atoms with van der Waals surface area (Å²) in [6, 6.07) is 27.4. The summed E-state index contributed by atoms with van der Waals surface area (Å²) in [5, 5.41) is 5.16. The second kappa shape index (κ2) is 12.2. The molecule has 0 radical (unpaired) electrons. The third-order valence-electron chi connectivity index (χ3n) is 7.17. The van der Waals surface area contributed by atoms with Crippen molar-refractivity contribution < 1.29 is 14.3 Å². The number of nitrogens with zero attached hydrogens (tertiary/aromatic N) is 1. The van der Waals surface area contributed by atoms with Gasteiger partial charge in [-0.1, -0.05) is 62.4 Å². The summed E-state index contributed by atoms with van der Waals surface area (Å²) < 4.78 is 5.96. The van der Waals surface area contributed by atoms with Crippen LogP contribution < -0.4 is 15.0 Å². The highest BCUT2D eigenvalue weighted by atomic mass is 16.5. The quantitative estimate of drug-likeness (QED) is 0.215. The summed E-state index contributed by atoms with van der Waals surface area (Å²) in [4.78, 5) is 28.3. The molecular formula is C34H38N2O3. The Kier molecular flexibility index (Phi) is 8.70. The van der Waals surface area contributed by atoms with E-state index in [0.717, 1.165) is 34.2 Å². The topological polar surface area (TPSA) is 58.6 Å². The van der Waals surface area contributed by atoms with Crippen LogP contribution >= 0.6 is 0 Å². The molecule has 4 aromatic carbocycles. The minimum absolute atomic E-state index is 0.0562. The highest BCUT2D eigenvalue weighted by Gasteiger charge is 2.27. The van der Waals surface area contributed by atoms with Crippen LogP contribution in [0.5, 0.6) is 5.75 Å². The minimum Gasteiger partial charge on any atom is -0.493 e. The Balaban J connectivity index is 1.35. The zero-order chi connectivity index (χ0) is 28.0. The van der Waals surface area contributed by atoms with E-state index >= 15 is 0 Å². The Hall–Kier alpha value is -4.12. The lowest BCUT2D eigenvalue weighted by atomic mass is 9.87. The fourth-order valence-corrected chi connectivity index (χ4v) is 4.69. The molecule has 5 nitrogen and oxygen atoms in total. The van der Waals surface area contributed by atoms with Gasteiger partial charge in [-0.15, -0.1) is 0 Å². The summed E-state index contributed by atoms with van der Waals surface area (Å²) in [6.45, 7) is 11.1. The Bertz CT molecular complexity index is 1450. The van der Waals surface area contributed by atoms with Crippen LogP contribution in [0.2, 0.25) is 0 Å². The third kappa shape index (κ3) is 6.66. The molecule has 0 unspecified atom stereocenters. The van der Waals surface area contributed by atoms with E-state index in [4.69, 9.17) is 4.74 Å². The first kappa shape index (κ1) is 27.9. The van der Waals surface area contributed by atoms with Crippen molar-refractivity contribution in [1.82, 2.24) is 0 Å². The number of carbonyl (C=O) groups is 2. The van der Waals surface area contributed by atoms with Crippen LogP contribution in [0.25, 0.3) is 10.8 Å². The van der Waals surface area contributed by atoms with Crippen molar-refractivity contribution in [2.24, 2.45) is 5.41 Å². The first-order valence-corrected chi connectivity index (χ1v) is 13.6. The molecule has 0 heterocycles. The van der Waals surface area contributed by atoms with E-state index in [1.165, 1.54) is 5.56 Å². The lowest BCUT2D eigenvalue weighted by Crippen LogP contribution is -2.31. The van der Waals surface area contributed by atoms with Crippen LogP contribution in [-0.2, 0) is 4.79 Å². The van der Waals surface area contributed by atoms with Crippen LogP contribution in [0, 0.1) is 19.3 Å². The van der Waals surface area contributed by atoms with Gasteiger partial charge in [0.1, 0.15) is 5.75 Å². The molecule has 0 aliphatic rings. The van der Waals surface area contributed by atoms with Gasteiger partial charge in [0, 0.05) is 28.6 Å². The van der Waals surface area contributed by atoms with Crippen LogP contribution in [0.3, 0.4) is 0 Å². The van der Waals surface area contributed by atoms with Crippen LogP contribution in [-0.4, -0.2) is 25.0 Å². The number of rotatable bonds is 10. The average Bonchev–Trinajstić information content (AvgIpc) is 2.93. The molecule has 0 fully saturated rings. The predicted octanol–water partition coefficient (Wildman–Crippen LogP) is 7.95. The van der Waals surface area contributed by atoms with Gasteiger partial charge in [-0.05, 0) is 86.5 Å². The number of hydrogen-bond donors (Lipinski definition) is 1. The minimum atomic E-state index is -0.563. The Labute approximate surface area is 231 Å². The monoisotopic (exact) mass is 522 g/mol. The Morgan fingerprint density at radius 2 is 1.62 bits per heavy atom. The van der Waals surface area contributed by atoms with Crippen molar-refractivity contribution in [3.05, 3.63) is 102 Å². The van der Waals surface area contributed by atoms with Gasteiger partial charge in [-0.25, -0.2) is 0 Å².